The predicted octanol–water partition coefficient (Wildman–Crippen LogP) is 3.85. The van der Waals surface area contributed by atoms with E-state index in [0.29, 0.717) is 0 Å². The topological polar surface area (TPSA) is 36.4 Å². The van der Waals surface area contributed by atoms with Gasteiger partial charge in [-0.3, -0.25) is 4.99 Å². The summed E-state index contributed by atoms with van der Waals surface area (Å²) in [7, 11) is 1.81. The van der Waals surface area contributed by atoms with Crippen molar-refractivity contribution in [1.82, 2.24) is 10.6 Å². The van der Waals surface area contributed by atoms with Crippen LogP contribution in [0.15, 0.2) is 29.3 Å². The zero-order chi connectivity index (χ0) is 15.4. The smallest absolute Gasteiger partial charge is 0.191 e. The van der Waals surface area contributed by atoms with Crippen LogP contribution in [0.3, 0.4) is 0 Å². The van der Waals surface area contributed by atoms with Gasteiger partial charge in [-0.15, -0.1) is 24.0 Å². The van der Waals surface area contributed by atoms with Crippen LogP contribution in [-0.2, 0) is 5.41 Å². The summed E-state index contributed by atoms with van der Waals surface area (Å²) in [6, 6.07) is 8.56. The van der Waals surface area contributed by atoms with E-state index in [1.54, 1.807) is 0 Å². The van der Waals surface area contributed by atoms with Crippen molar-refractivity contribution in [2.75, 3.05) is 13.6 Å². The predicted molar refractivity (Wildman–Crippen MR) is 104 cm³/mol. The first-order valence-corrected chi connectivity index (χ1v) is 7.21. The number of aliphatic imine (C=N–C) groups is 1. The molecule has 0 spiro atoms. The van der Waals surface area contributed by atoms with Gasteiger partial charge in [0.15, 0.2) is 5.96 Å². The number of nitrogens with zero attached hydrogens (tertiary/aromatic N) is 1. The largest absolute Gasteiger partial charge is 0.356 e. The van der Waals surface area contributed by atoms with Crippen LogP contribution in [0.2, 0.25) is 0 Å². The molecule has 0 fully saturated rings. The van der Waals surface area contributed by atoms with Gasteiger partial charge in [0, 0.05) is 24.5 Å². The maximum absolute atomic E-state index is 4.29. The quantitative estimate of drug-likeness (QED) is 0.457. The molecule has 0 aliphatic heterocycles. The fraction of sp³-hybridized carbons (Fsp3) is 0.588. The normalized spacial score (nSPS) is 12.6. The first-order valence-electron chi connectivity index (χ1n) is 7.21. The van der Waals surface area contributed by atoms with E-state index in [2.05, 4.69) is 81.4 Å². The van der Waals surface area contributed by atoms with Crippen molar-refractivity contribution in [2.45, 2.75) is 52.5 Å². The van der Waals surface area contributed by atoms with E-state index >= 15 is 0 Å². The zero-order valence-electron chi connectivity index (χ0n) is 14.4. The molecule has 0 saturated heterocycles. The van der Waals surface area contributed by atoms with Crippen molar-refractivity contribution in [3.05, 3.63) is 35.4 Å². The molecule has 0 saturated carbocycles. The van der Waals surface area contributed by atoms with E-state index in [0.717, 1.165) is 12.5 Å². The maximum Gasteiger partial charge on any atom is 0.191 e. The van der Waals surface area contributed by atoms with Crippen LogP contribution in [0.25, 0.3) is 0 Å². The highest BCUT2D eigenvalue weighted by Gasteiger charge is 2.23. The highest BCUT2D eigenvalue weighted by molar-refractivity contribution is 14.0. The summed E-state index contributed by atoms with van der Waals surface area (Å²) >= 11 is 0. The summed E-state index contributed by atoms with van der Waals surface area (Å²) in [6.45, 7) is 13.9. The fourth-order valence-electron chi connectivity index (χ4n) is 2.27. The molecule has 0 aliphatic carbocycles. The van der Waals surface area contributed by atoms with Crippen molar-refractivity contribution in [2.24, 2.45) is 4.99 Å². The Morgan fingerprint density at radius 2 is 1.67 bits per heavy atom. The summed E-state index contributed by atoms with van der Waals surface area (Å²) in [4.78, 5) is 4.29. The summed E-state index contributed by atoms with van der Waals surface area (Å²) < 4.78 is 0. The van der Waals surface area contributed by atoms with Gasteiger partial charge in [-0.05, 0) is 38.8 Å². The average Bonchev–Trinajstić information content (AvgIpc) is 2.33. The number of aryl methyl sites for hydroxylation is 1. The van der Waals surface area contributed by atoms with E-state index in [1.807, 2.05) is 7.05 Å². The number of nitrogens with one attached hydrogen (secondary N) is 2. The minimum Gasteiger partial charge on any atom is -0.356 e. The molecule has 0 aliphatic rings. The van der Waals surface area contributed by atoms with Crippen molar-refractivity contribution < 1.29 is 0 Å². The van der Waals surface area contributed by atoms with Crippen LogP contribution in [0.4, 0.5) is 0 Å². The first kappa shape index (κ1) is 20.2. The summed E-state index contributed by atoms with van der Waals surface area (Å²) in [5, 5.41) is 6.81. The van der Waals surface area contributed by atoms with Gasteiger partial charge < -0.3 is 10.6 Å². The molecular weight excluding hydrogens is 373 g/mol. The lowest BCUT2D eigenvalue weighted by Gasteiger charge is -2.30. The Hall–Kier alpha value is -0.780. The highest BCUT2D eigenvalue weighted by atomic mass is 127. The molecule has 0 amide bonds. The molecule has 0 unspecified atom stereocenters. The fourth-order valence-corrected chi connectivity index (χ4v) is 2.27. The van der Waals surface area contributed by atoms with Crippen LogP contribution >= 0.6 is 24.0 Å². The van der Waals surface area contributed by atoms with Gasteiger partial charge in [-0.2, -0.15) is 0 Å². The second-order valence-corrected chi connectivity index (χ2v) is 7.00. The number of hydrogen-bond acceptors (Lipinski definition) is 1. The average molecular weight is 403 g/mol. The number of hydrogen-bond donors (Lipinski definition) is 2. The van der Waals surface area contributed by atoms with Crippen LogP contribution in [0.1, 0.15) is 45.7 Å². The minimum atomic E-state index is 0. The summed E-state index contributed by atoms with van der Waals surface area (Å²) in [6.07, 6.45) is 0. The summed E-state index contributed by atoms with van der Waals surface area (Å²) in [5.41, 5.74) is 2.77. The maximum atomic E-state index is 4.29. The molecule has 0 bridgehead atoms. The van der Waals surface area contributed by atoms with Crippen molar-refractivity contribution in [3.8, 4) is 0 Å². The summed E-state index contributed by atoms with van der Waals surface area (Å²) in [5.74, 6) is 0.846. The molecule has 0 heterocycles. The standard InChI is InChI=1S/C17H29N3.HI/c1-13-10-8-9-11-14(13)17(5,6)12-19-15(18-7)20-16(2,3)4;/h8-11H,12H2,1-7H3,(H2,18,19,20);1H. The molecule has 0 aromatic heterocycles. The van der Waals surface area contributed by atoms with Crippen molar-refractivity contribution in [1.29, 1.82) is 0 Å². The van der Waals surface area contributed by atoms with Gasteiger partial charge in [-0.1, -0.05) is 38.1 Å². The molecule has 0 atom stereocenters. The number of rotatable bonds is 3. The molecule has 1 rings (SSSR count). The first-order chi connectivity index (χ1) is 9.15. The zero-order valence-corrected chi connectivity index (χ0v) is 16.7. The Bertz CT molecular complexity index is 473. The molecule has 2 N–H and O–H groups in total. The minimum absolute atomic E-state index is 0. The van der Waals surface area contributed by atoms with E-state index in [4.69, 9.17) is 0 Å². The monoisotopic (exact) mass is 403 g/mol. The lowest BCUT2D eigenvalue weighted by atomic mass is 9.82. The van der Waals surface area contributed by atoms with Crippen LogP contribution in [-0.4, -0.2) is 25.1 Å². The lowest BCUT2D eigenvalue weighted by Crippen LogP contribution is -2.50. The molecule has 120 valence electrons. The van der Waals surface area contributed by atoms with Crippen molar-refractivity contribution in [3.63, 3.8) is 0 Å². The van der Waals surface area contributed by atoms with Crippen LogP contribution < -0.4 is 10.6 Å². The molecule has 21 heavy (non-hydrogen) atoms. The van der Waals surface area contributed by atoms with Gasteiger partial charge >= 0.3 is 0 Å². The van der Waals surface area contributed by atoms with Gasteiger partial charge in [0.05, 0.1) is 0 Å². The number of guanidine groups is 1. The third-order valence-corrected chi connectivity index (χ3v) is 3.29. The second-order valence-electron chi connectivity index (χ2n) is 7.00. The molecule has 1 aromatic carbocycles. The molecule has 4 heteroatoms. The van der Waals surface area contributed by atoms with E-state index in [9.17, 15) is 0 Å². The van der Waals surface area contributed by atoms with Crippen molar-refractivity contribution >= 4 is 29.9 Å². The van der Waals surface area contributed by atoms with Gasteiger partial charge in [-0.25, -0.2) is 0 Å². The van der Waals surface area contributed by atoms with Gasteiger partial charge in [0.2, 0.25) is 0 Å². The number of benzene rings is 1. The molecule has 3 nitrogen and oxygen atoms in total. The second kappa shape index (κ2) is 8.01. The third kappa shape index (κ3) is 6.68. The van der Waals surface area contributed by atoms with E-state index in [1.165, 1.54) is 11.1 Å². The Morgan fingerprint density at radius 3 is 2.14 bits per heavy atom. The lowest BCUT2D eigenvalue weighted by molar-refractivity contribution is 0.475. The third-order valence-electron chi connectivity index (χ3n) is 3.29. The van der Waals surface area contributed by atoms with Crippen LogP contribution in [0.5, 0.6) is 0 Å². The highest BCUT2D eigenvalue weighted by Crippen LogP contribution is 2.25. The SMILES string of the molecule is CN=C(NCC(C)(C)c1ccccc1C)NC(C)(C)C.I. The Morgan fingerprint density at radius 1 is 1.10 bits per heavy atom. The Kier molecular flexibility index (Phi) is 7.71. The Labute approximate surface area is 147 Å². The molecular formula is C17H30IN3. The van der Waals surface area contributed by atoms with Gasteiger partial charge in [0.1, 0.15) is 0 Å². The van der Waals surface area contributed by atoms with E-state index < -0.39 is 0 Å². The van der Waals surface area contributed by atoms with Crippen LogP contribution in [0, 0.1) is 6.92 Å². The van der Waals surface area contributed by atoms with E-state index in [-0.39, 0.29) is 34.9 Å². The molecule has 0 radical (unpaired) electrons. The molecule has 1 aromatic rings. The Balaban J connectivity index is 0.00000400. The van der Waals surface area contributed by atoms with Gasteiger partial charge in [0.25, 0.3) is 0 Å². The number of halogens is 1.